The normalized spacial score (nSPS) is 16.8. The largest absolute Gasteiger partial charge is 0.452 e. The van der Waals surface area contributed by atoms with Gasteiger partial charge in [0.25, 0.3) is 11.8 Å². The van der Waals surface area contributed by atoms with Crippen molar-refractivity contribution < 1.29 is 28.7 Å². The number of carbonyl (C=O) groups is 4. The lowest BCUT2D eigenvalue weighted by Crippen LogP contribution is -2.36. The number of esters is 2. The van der Waals surface area contributed by atoms with E-state index in [9.17, 15) is 19.2 Å². The number of nitrogens with one attached hydrogen (secondary N) is 2. The summed E-state index contributed by atoms with van der Waals surface area (Å²) in [6.07, 6.45) is 8.16. The van der Waals surface area contributed by atoms with E-state index in [1.807, 2.05) is 0 Å². The van der Waals surface area contributed by atoms with Crippen molar-refractivity contribution >= 4 is 23.8 Å². The van der Waals surface area contributed by atoms with Gasteiger partial charge >= 0.3 is 11.9 Å². The SMILES string of the molecule is O=C(COC(=O)c1cccc(C(=O)OCC(=O)NC2CCCC2)c1)NC1CCCC1. The van der Waals surface area contributed by atoms with E-state index in [1.165, 1.54) is 24.3 Å². The van der Waals surface area contributed by atoms with E-state index in [4.69, 9.17) is 9.47 Å². The first-order valence-electron chi connectivity index (χ1n) is 10.5. The highest BCUT2D eigenvalue weighted by molar-refractivity contribution is 5.96. The second-order valence-electron chi connectivity index (χ2n) is 7.83. The van der Waals surface area contributed by atoms with Crippen molar-refractivity contribution in [1.82, 2.24) is 10.6 Å². The minimum absolute atomic E-state index is 0.133. The fourth-order valence-corrected chi connectivity index (χ4v) is 3.88. The van der Waals surface area contributed by atoms with Crippen LogP contribution in [0.3, 0.4) is 0 Å². The van der Waals surface area contributed by atoms with E-state index >= 15 is 0 Å². The summed E-state index contributed by atoms with van der Waals surface area (Å²) in [6, 6.07) is 6.13. The van der Waals surface area contributed by atoms with Gasteiger partial charge in [-0.15, -0.1) is 0 Å². The van der Waals surface area contributed by atoms with Gasteiger partial charge in [-0.2, -0.15) is 0 Å². The monoisotopic (exact) mass is 416 g/mol. The third kappa shape index (κ3) is 6.57. The first-order chi connectivity index (χ1) is 14.5. The molecule has 0 saturated heterocycles. The molecule has 0 aliphatic heterocycles. The van der Waals surface area contributed by atoms with E-state index in [0.29, 0.717) is 0 Å². The molecule has 3 rings (SSSR count). The van der Waals surface area contributed by atoms with Crippen LogP contribution in [0.5, 0.6) is 0 Å². The minimum Gasteiger partial charge on any atom is -0.452 e. The number of ether oxygens (including phenoxy) is 2. The van der Waals surface area contributed by atoms with Crippen molar-refractivity contribution in [2.45, 2.75) is 63.5 Å². The van der Waals surface area contributed by atoms with E-state index < -0.39 is 11.9 Å². The molecule has 2 amide bonds. The summed E-state index contributed by atoms with van der Waals surface area (Å²) in [5, 5.41) is 5.68. The van der Waals surface area contributed by atoms with Gasteiger partial charge in [-0.3, -0.25) is 9.59 Å². The summed E-state index contributed by atoms with van der Waals surface area (Å²) in [4.78, 5) is 48.2. The number of amides is 2. The Bertz CT molecular complexity index is 720. The zero-order chi connectivity index (χ0) is 21.3. The molecular formula is C22H28N2O6. The third-order valence-corrected chi connectivity index (χ3v) is 5.44. The zero-order valence-electron chi connectivity index (χ0n) is 17.0. The van der Waals surface area contributed by atoms with Crippen LogP contribution in [0.4, 0.5) is 0 Å². The van der Waals surface area contributed by atoms with Crippen molar-refractivity contribution in [3.8, 4) is 0 Å². The number of hydrogen-bond donors (Lipinski definition) is 2. The van der Waals surface area contributed by atoms with Gasteiger partial charge in [0.1, 0.15) is 0 Å². The van der Waals surface area contributed by atoms with Crippen molar-refractivity contribution in [3.63, 3.8) is 0 Å². The molecule has 30 heavy (non-hydrogen) atoms. The molecule has 1 aromatic carbocycles. The van der Waals surface area contributed by atoms with Crippen LogP contribution >= 0.6 is 0 Å². The Morgan fingerprint density at radius 1 is 0.733 bits per heavy atom. The molecule has 1 aromatic rings. The lowest BCUT2D eigenvalue weighted by molar-refractivity contribution is -0.125. The van der Waals surface area contributed by atoms with Gasteiger partial charge in [0.05, 0.1) is 11.1 Å². The first-order valence-corrected chi connectivity index (χ1v) is 10.5. The second-order valence-corrected chi connectivity index (χ2v) is 7.83. The maximum atomic E-state index is 12.2. The molecule has 2 saturated carbocycles. The van der Waals surface area contributed by atoms with Crippen LogP contribution in [0.25, 0.3) is 0 Å². The molecule has 0 heterocycles. The Kier molecular flexibility index (Phi) is 7.82. The van der Waals surface area contributed by atoms with E-state index in [-0.39, 0.29) is 48.2 Å². The molecule has 0 unspecified atom stereocenters. The summed E-state index contributed by atoms with van der Waals surface area (Å²) >= 11 is 0. The zero-order valence-corrected chi connectivity index (χ0v) is 17.0. The predicted molar refractivity (Wildman–Crippen MR) is 108 cm³/mol. The van der Waals surface area contributed by atoms with Crippen LogP contribution in [0, 0.1) is 0 Å². The Morgan fingerprint density at radius 2 is 1.13 bits per heavy atom. The number of carbonyl (C=O) groups excluding carboxylic acids is 4. The maximum Gasteiger partial charge on any atom is 0.338 e. The molecule has 0 aromatic heterocycles. The lowest BCUT2D eigenvalue weighted by atomic mass is 10.1. The fourth-order valence-electron chi connectivity index (χ4n) is 3.88. The Balaban J connectivity index is 1.44. The Morgan fingerprint density at radius 3 is 1.53 bits per heavy atom. The van der Waals surface area contributed by atoms with Gasteiger partial charge in [-0.25, -0.2) is 9.59 Å². The van der Waals surface area contributed by atoms with Crippen LogP contribution in [0.15, 0.2) is 24.3 Å². The predicted octanol–water partition coefficient (Wildman–Crippen LogP) is 2.12. The molecule has 2 fully saturated rings. The molecule has 2 N–H and O–H groups in total. The van der Waals surface area contributed by atoms with Crippen molar-refractivity contribution in [1.29, 1.82) is 0 Å². The third-order valence-electron chi connectivity index (χ3n) is 5.44. The first kappa shape index (κ1) is 21.8. The van der Waals surface area contributed by atoms with Gasteiger partial charge in [-0.05, 0) is 43.9 Å². The molecule has 0 spiro atoms. The van der Waals surface area contributed by atoms with Gasteiger partial charge in [0.2, 0.25) is 0 Å². The Hall–Kier alpha value is -2.90. The topological polar surface area (TPSA) is 111 Å². The molecule has 2 aliphatic carbocycles. The molecule has 2 aliphatic rings. The summed E-state index contributed by atoms with van der Waals surface area (Å²) in [7, 11) is 0. The van der Waals surface area contributed by atoms with Gasteiger partial charge in [-0.1, -0.05) is 31.7 Å². The molecule has 8 heteroatoms. The van der Waals surface area contributed by atoms with Crippen molar-refractivity contribution in [2.75, 3.05) is 13.2 Å². The van der Waals surface area contributed by atoms with Gasteiger partial charge < -0.3 is 20.1 Å². The molecule has 0 atom stereocenters. The molecule has 162 valence electrons. The lowest BCUT2D eigenvalue weighted by Gasteiger charge is -2.12. The maximum absolute atomic E-state index is 12.2. The highest BCUT2D eigenvalue weighted by Crippen LogP contribution is 2.18. The highest BCUT2D eigenvalue weighted by Gasteiger charge is 2.20. The summed E-state index contributed by atoms with van der Waals surface area (Å²) in [5.74, 6) is -2.08. The average Bonchev–Trinajstić information content (AvgIpc) is 3.44. The number of benzene rings is 1. The molecular weight excluding hydrogens is 388 g/mol. The number of rotatable bonds is 8. The minimum atomic E-state index is -0.704. The average molecular weight is 416 g/mol. The summed E-state index contributed by atoms with van der Waals surface area (Å²) in [6.45, 7) is -0.739. The van der Waals surface area contributed by atoms with Gasteiger partial charge in [0, 0.05) is 12.1 Å². The standard InChI is InChI=1S/C22H28N2O6/c25-19(23-17-8-1-2-9-17)13-29-21(27)15-6-5-7-16(12-15)22(28)30-14-20(26)24-18-10-3-4-11-18/h5-7,12,17-18H,1-4,8-11,13-14H2,(H,23,25)(H,24,26). The van der Waals surface area contributed by atoms with Gasteiger partial charge in [0.15, 0.2) is 13.2 Å². The van der Waals surface area contributed by atoms with E-state index in [2.05, 4.69) is 10.6 Å². The second kappa shape index (κ2) is 10.8. The van der Waals surface area contributed by atoms with E-state index in [0.717, 1.165) is 51.4 Å². The van der Waals surface area contributed by atoms with E-state index in [1.54, 1.807) is 0 Å². The van der Waals surface area contributed by atoms with Crippen molar-refractivity contribution in [3.05, 3.63) is 35.4 Å². The molecule has 0 radical (unpaired) electrons. The molecule has 0 bridgehead atoms. The van der Waals surface area contributed by atoms with Crippen LogP contribution in [-0.4, -0.2) is 49.1 Å². The summed E-state index contributed by atoms with van der Waals surface area (Å²) in [5.41, 5.74) is 0.266. The molecule has 8 nitrogen and oxygen atoms in total. The van der Waals surface area contributed by atoms with Crippen LogP contribution < -0.4 is 10.6 Å². The fraction of sp³-hybridized carbons (Fsp3) is 0.545. The van der Waals surface area contributed by atoms with Crippen LogP contribution in [0.2, 0.25) is 0 Å². The highest BCUT2D eigenvalue weighted by atomic mass is 16.5. The smallest absolute Gasteiger partial charge is 0.338 e. The Labute approximate surface area is 175 Å². The van der Waals surface area contributed by atoms with Crippen LogP contribution in [-0.2, 0) is 19.1 Å². The number of hydrogen-bond acceptors (Lipinski definition) is 6. The van der Waals surface area contributed by atoms with Crippen LogP contribution in [0.1, 0.15) is 72.1 Å². The van der Waals surface area contributed by atoms with Crippen molar-refractivity contribution in [2.24, 2.45) is 0 Å². The summed E-state index contributed by atoms with van der Waals surface area (Å²) < 4.78 is 10.1. The quantitative estimate of drug-likeness (QED) is 0.628.